The summed E-state index contributed by atoms with van der Waals surface area (Å²) in [5.74, 6) is 1.92. The van der Waals surface area contributed by atoms with E-state index in [0.717, 1.165) is 54.3 Å². The molecule has 1 aromatic heterocycles. The van der Waals surface area contributed by atoms with Crippen molar-refractivity contribution in [3.8, 4) is 17.1 Å². The van der Waals surface area contributed by atoms with Crippen molar-refractivity contribution < 1.29 is 9.53 Å². The average Bonchev–Trinajstić information content (AvgIpc) is 3.34. The van der Waals surface area contributed by atoms with E-state index in [0.29, 0.717) is 13.1 Å². The Bertz CT molecular complexity index is 801. The van der Waals surface area contributed by atoms with Gasteiger partial charge in [0.05, 0.1) is 31.0 Å². The Morgan fingerprint density at radius 2 is 2.15 bits per heavy atom. The lowest BCUT2D eigenvalue weighted by atomic mass is 9.95. The Morgan fingerprint density at radius 1 is 1.33 bits per heavy atom. The number of carbonyl (C=O) groups is 1. The summed E-state index contributed by atoms with van der Waals surface area (Å²) in [6.45, 7) is 4.19. The molecular formula is C20H27N5O2. The van der Waals surface area contributed by atoms with Crippen LogP contribution in [-0.2, 0) is 17.8 Å². The predicted octanol–water partition coefficient (Wildman–Crippen LogP) is 1.86. The van der Waals surface area contributed by atoms with Crippen LogP contribution in [0.25, 0.3) is 11.4 Å². The van der Waals surface area contributed by atoms with E-state index in [9.17, 15) is 4.79 Å². The molecule has 7 nitrogen and oxygen atoms in total. The summed E-state index contributed by atoms with van der Waals surface area (Å²) in [6.07, 6.45) is 2.87. The van der Waals surface area contributed by atoms with Crippen LogP contribution >= 0.6 is 0 Å². The highest BCUT2D eigenvalue weighted by Gasteiger charge is 2.36. The fraction of sp³-hybridized carbons (Fsp3) is 0.500. The Hall–Kier alpha value is -2.38. The van der Waals surface area contributed by atoms with Crippen molar-refractivity contribution in [2.24, 2.45) is 5.92 Å². The molecule has 27 heavy (non-hydrogen) atoms. The van der Waals surface area contributed by atoms with E-state index in [4.69, 9.17) is 9.72 Å². The predicted molar refractivity (Wildman–Crippen MR) is 103 cm³/mol. The minimum atomic E-state index is 0.00970. The number of fused-ring (bicyclic) bond motifs is 1. The van der Waals surface area contributed by atoms with Gasteiger partial charge in [0.15, 0.2) is 0 Å². The molecule has 3 N–H and O–H groups in total. The second kappa shape index (κ2) is 7.70. The number of imidazole rings is 1. The molecule has 0 aliphatic carbocycles. The molecule has 7 heteroatoms. The lowest BCUT2D eigenvalue weighted by Gasteiger charge is -2.30. The fourth-order valence-electron chi connectivity index (χ4n) is 3.99. The molecule has 3 heterocycles. The maximum Gasteiger partial charge on any atom is 0.229 e. The van der Waals surface area contributed by atoms with Gasteiger partial charge >= 0.3 is 0 Å². The molecule has 4 rings (SSSR count). The number of hydrogen-bond acceptors (Lipinski definition) is 5. The first-order valence-electron chi connectivity index (χ1n) is 9.69. The molecule has 1 aromatic carbocycles. The largest absolute Gasteiger partial charge is 0.497 e. The molecule has 1 saturated heterocycles. The molecular weight excluding hydrogens is 342 g/mol. The number of amides is 1. The number of aromatic nitrogens is 2. The number of benzene rings is 1. The summed E-state index contributed by atoms with van der Waals surface area (Å²) in [5.41, 5.74) is 9.55. The number of H-pyrrole nitrogens is 1. The van der Waals surface area contributed by atoms with Crippen LogP contribution in [0.15, 0.2) is 24.3 Å². The number of aromatic amines is 1. The standard InChI is InChI=1S/C20H27N5O2/c1-3-4-16-15(11-21-24-16)20(26)25-10-9-17-18(12-25)23-19(22-17)13-5-7-14(27-2)8-6-13/h5-8,15-16,21,24H,3-4,9-12H2,1-2H3,(H,22,23). The summed E-state index contributed by atoms with van der Waals surface area (Å²) >= 11 is 0. The van der Waals surface area contributed by atoms with Gasteiger partial charge in [0.2, 0.25) is 5.91 Å². The first kappa shape index (κ1) is 18.0. The van der Waals surface area contributed by atoms with E-state index in [1.807, 2.05) is 29.2 Å². The maximum absolute atomic E-state index is 13.0. The SMILES string of the molecule is CCCC1NNCC1C(=O)N1CCc2nc(-c3ccc(OC)cc3)[nH]c2C1. The van der Waals surface area contributed by atoms with E-state index >= 15 is 0 Å². The van der Waals surface area contributed by atoms with Crippen molar-refractivity contribution >= 4 is 5.91 Å². The van der Waals surface area contributed by atoms with Crippen LogP contribution in [0.2, 0.25) is 0 Å². The fourth-order valence-corrected chi connectivity index (χ4v) is 3.99. The van der Waals surface area contributed by atoms with E-state index < -0.39 is 0 Å². The second-order valence-electron chi connectivity index (χ2n) is 7.28. The molecule has 0 bridgehead atoms. The lowest BCUT2D eigenvalue weighted by molar-refractivity contribution is -0.136. The quantitative estimate of drug-likeness (QED) is 0.749. The smallest absolute Gasteiger partial charge is 0.229 e. The molecule has 144 valence electrons. The zero-order valence-corrected chi connectivity index (χ0v) is 15.9. The monoisotopic (exact) mass is 369 g/mol. The van der Waals surface area contributed by atoms with Crippen molar-refractivity contribution in [2.45, 2.75) is 38.8 Å². The van der Waals surface area contributed by atoms with E-state index in [-0.39, 0.29) is 17.9 Å². The van der Waals surface area contributed by atoms with Gasteiger partial charge in [-0.3, -0.25) is 15.6 Å². The number of carbonyl (C=O) groups excluding carboxylic acids is 1. The summed E-state index contributed by atoms with van der Waals surface area (Å²) in [5, 5.41) is 0. The Kier molecular flexibility index (Phi) is 5.13. The molecule has 2 atom stereocenters. The minimum Gasteiger partial charge on any atom is -0.497 e. The number of ether oxygens (including phenoxy) is 1. The van der Waals surface area contributed by atoms with Crippen LogP contribution < -0.4 is 15.6 Å². The topological polar surface area (TPSA) is 82.3 Å². The number of hydrazine groups is 1. The third-order valence-electron chi connectivity index (χ3n) is 5.52. The molecule has 1 amide bonds. The Morgan fingerprint density at radius 3 is 2.89 bits per heavy atom. The van der Waals surface area contributed by atoms with Crippen LogP contribution in [0.5, 0.6) is 5.75 Å². The number of hydrogen-bond donors (Lipinski definition) is 3. The van der Waals surface area contributed by atoms with Gasteiger partial charge in [-0.2, -0.15) is 0 Å². The molecule has 0 spiro atoms. The summed E-state index contributed by atoms with van der Waals surface area (Å²) < 4.78 is 5.22. The van der Waals surface area contributed by atoms with E-state index in [2.05, 4.69) is 22.8 Å². The highest BCUT2D eigenvalue weighted by Crippen LogP contribution is 2.26. The maximum atomic E-state index is 13.0. The first-order chi connectivity index (χ1) is 13.2. The van der Waals surface area contributed by atoms with Crippen LogP contribution in [0.1, 0.15) is 31.2 Å². The molecule has 0 radical (unpaired) electrons. The second-order valence-corrected chi connectivity index (χ2v) is 7.28. The van der Waals surface area contributed by atoms with Gasteiger partial charge < -0.3 is 14.6 Å². The van der Waals surface area contributed by atoms with Crippen molar-refractivity contribution in [1.82, 2.24) is 25.7 Å². The minimum absolute atomic E-state index is 0.00970. The number of nitrogens with one attached hydrogen (secondary N) is 3. The van der Waals surface area contributed by atoms with Crippen molar-refractivity contribution in [3.63, 3.8) is 0 Å². The number of nitrogens with zero attached hydrogens (tertiary/aromatic N) is 2. The summed E-state index contributed by atoms with van der Waals surface area (Å²) in [7, 11) is 1.66. The molecule has 0 saturated carbocycles. The van der Waals surface area contributed by atoms with Crippen LogP contribution in [0.3, 0.4) is 0 Å². The van der Waals surface area contributed by atoms with Gasteiger partial charge in [0, 0.05) is 31.1 Å². The van der Waals surface area contributed by atoms with Crippen LogP contribution in [0.4, 0.5) is 0 Å². The molecule has 1 fully saturated rings. The average molecular weight is 369 g/mol. The molecule has 2 aromatic rings. The third-order valence-corrected chi connectivity index (χ3v) is 5.52. The highest BCUT2D eigenvalue weighted by atomic mass is 16.5. The van der Waals surface area contributed by atoms with Gasteiger partial charge in [-0.05, 0) is 30.7 Å². The first-order valence-corrected chi connectivity index (χ1v) is 9.69. The normalized spacial score (nSPS) is 21.9. The van der Waals surface area contributed by atoms with E-state index in [1.165, 1.54) is 0 Å². The molecule has 2 unspecified atom stereocenters. The van der Waals surface area contributed by atoms with Crippen molar-refractivity contribution in [3.05, 3.63) is 35.7 Å². The van der Waals surface area contributed by atoms with Crippen LogP contribution in [0, 0.1) is 5.92 Å². The van der Waals surface area contributed by atoms with Gasteiger partial charge in [-0.15, -0.1) is 0 Å². The van der Waals surface area contributed by atoms with Gasteiger partial charge in [0.25, 0.3) is 0 Å². The Balaban J connectivity index is 1.48. The van der Waals surface area contributed by atoms with Crippen molar-refractivity contribution in [2.75, 3.05) is 20.2 Å². The van der Waals surface area contributed by atoms with Crippen molar-refractivity contribution in [1.29, 1.82) is 0 Å². The van der Waals surface area contributed by atoms with Gasteiger partial charge in [-0.25, -0.2) is 4.98 Å². The van der Waals surface area contributed by atoms with E-state index in [1.54, 1.807) is 7.11 Å². The van der Waals surface area contributed by atoms with Gasteiger partial charge in [0.1, 0.15) is 11.6 Å². The third kappa shape index (κ3) is 3.57. The number of methoxy groups -OCH3 is 1. The zero-order valence-electron chi connectivity index (χ0n) is 15.9. The lowest BCUT2D eigenvalue weighted by Crippen LogP contribution is -2.44. The van der Waals surface area contributed by atoms with Gasteiger partial charge in [-0.1, -0.05) is 13.3 Å². The summed E-state index contributed by atoms with van der Waals surface area (Å²) in [6, 6.07) is 8.08. The number of rotatable bonds is 5. The molecule has 2 aliphatic heterocycles. The molecule has 2 aliphatic rings. The zero-order chi connectivity index (χ0) is 18.8. The summed E-state index contributed by atoms with van der Waals surface area (Å²) in [4.78, 5) is 23.2. The Labute approximate surface area is 159 Å². The van der Waals surface area contributed by atoms with Crippen LogP contribution in [-0.4, -0.2) is 47.0 Å². The highest BCUT2D eigenvalue weighted by molar-refractivity contribution is 5.80.